The number of aliphatic carboxylic acids is 1. The Morgan fingerprint density at radius 2 is 2.18 bits per heavy atom. The van der Waals surface area contributed by atoms with Gasteiger partial charge in [-0.05, 0) is 25.0 Å². The first-order valence-electron chi connectivity index (χ1n) is 7.06. The largest absolute Gasteiger partial charge is 0.480 e. The van der Waals surface area contributed by atoms with Gasteiger partial charge in [-0.3, -0.25) is 9.59 Å². The van der Waals surface area contributed by atoms with E-state index in [4.69, 9.17) is 5.11 Å². The second kappa shape index (κ2) is 5.08. The summed E-state index contributed by atoms with van der Waals surface area (Å²) in [6.07, 6.45) is 1.23. The minimum Gasteiger partial charge on any atom is -0.480 e. The number of fused-ring (bicyclic) bond motifs is 1. The molecule has 1 fully saturated rings. The van der Waals surface area contributed by atoms with E-state index in [0.717, 1.165) is 5.52 Å². The van der Waals surface area contributed by atoms with Gasteiger partial charge in [-0.2, -0.15) is 0 Å². The zero-order valence-corrected chi connectivity index (χ0v) is 12.1. The molecule has 1 saturated carbocycles. The van der Waals surface area contributed by atoms with E-state index in [1.807, 2.05) is 11.6 Å². The Morgan fingerprint density at radius 1 is 1.45 bits per heavy atom. The predicted molar refractivity (Wildman–Crippen MR) is 76.7 cm³/mol. The number of hydrogen-bond donors (Lipinski definition) is 2. The number of aromatic nitrogens is 2. The minimum absolute atomic E-state index is 0.299. The lowest BCUT2D eigenvalue weighted by atomic mass is 10.1. The first-order valence-corrected chi connectivity index (χ1v) is 7.06. The van der Waals surface area contributed by atoms with Crippen LogP contribution in [-0.4, -0.2) is 33.1 Å². The molecule has 0 unspecified atom stereocenters. The third kappa shape index (κ3) is 2.32. The van der Waals surface area contributed by atoms with Gasteiger partial charge in [0.15, 0.2) is 0 Å². The van der Waals surface area contributed by atoms with E-state index in [1.54, 1.807) is 6.07 Å². The van der Waals surface area contributed by atoms with Crippen LogP contribution in [0.4, 0.5) is 4.39 Å². The van der Waals surface area contributed by atoms with Crippen molar-refractivity contribution in [3.63, 3.8) is 0 Å². The molecule has 1 amide bonds. The van der Waals surface area contributed by atoms with Crippen molar-refractivity contribution in [1.29, 1.82) is 0 Å². The molecule has 1 heterocycles. The van der Waals surface area contributed by atoms with Crippen LogP contribution in [0.3, 0.4) is 0 Å². The number of hydrogen-bond acceptors (Lipinski definition) is 3. The molecule has 0 atom stereocenters. The van der Waals surface area contributed by atoms with E-state index < -0.39 is 17.3 Å². The average Bonchev–Trinajstić information content (AvgIpc) is 3.22. The van der Waals surface area contributed by atoms with E-state index in [2.05, 4.69) is 10.3 Å². The van der Waals surface area contributed by atoms with Gasteiger partial charge < -0.3 is 15.0 Å². The maximum Gasteiger partial charge on any atom is 0.319 e. The number of amides is 1. The van der Waals surface area contributed by atoms with Crippen molar-refractivity contribution in [2.24, 2.45) is 12.5 Å². The average molecular weight is 305 g/mol. The molecule has 2 aromatic rings. The molecular weight excluding hydrogens is 289 g/mol. The number of rotatable bonds is 5. The number of aryl methyl sites for hydroxylation is 1. The van der Waals surface area contributed by atoms with Crippen molar-refractivity contribution < 1.29 is 19.1 Å². The minimum atomic E-state index is -1.23. The summed E-state index contributed by atoms with van der Waals surface area (Å²) < 4.78 is 15.0. The molecule has 7 heteroatoms. The number of nitrogens with zero attached hydrogens (tertiary/aromatic N) is 2. The lowest BCUT2D eigenvalue weighted by Crippen LogP contribution is -2.38. The lowest BCUT2D eigenvalue weighted by molar-refractivity contribution is -0.149. The second-order valence-corrected chi connectivity index (χ2v) is 5.61. The zero-order chi connectivity index (χ0) is 15.9. The first-order chi connectivity index (χ1) is 10.4. The van der Waals surface area contributed by atoms with Gasteiger partial charge in [0.05, 0.1) is 11.0 Å². The van der Waals surface area contributed by atoms with Gasteiger partial charge in [-0.25, -0.2) is 9.37 Å². The fourth-order valence-electron chi connectivity index (χ4n) is 2.57. The van der Waals surface area contributed by atoms with Crippen LogP contribution in [-0.2, 0) is 23.1 Å². The molecule has 0 saturated heterocycles. The van der Waals surface area contributed by atoms with Gasteiger partial charge >= 0.3 is 5.97 Å². The maximum absolute atomic E-state index is 13.2. The van der Waals surface area contributed by atoms with Gasteiger partial charge in [0.2, 0.25) is 5.91 Å². The Bertz CT molecular complexity index is 765. The zero-order valence-electron chi connectivity index (χ0n) is 12.1. The molecular formula is C15H16FN3O3. The summed E-state index contributed by atoms with van der Waals surface area (Å²) in [6, 6.07) is 4.39. The van der Waals surface area contributed by atoms with E-state index in [0.29, 0.717) is 37.1 Å². The Hall–Kier alpha value is -2.44. The van der Waals surface area contributed by atoms with Crippen LogP contribution < -0.4 is 5.32 Å². The highest BCUT2D eigenvalue weighted by atomic mass is 19.1. The van der Waals surface area contributed by atoms with Crippen LogP contribution in [0, 0.1) is 11.2 Å². The Morgan fingerprint density at radius 3 is 2.82 bits per heavy atom. The number of benzene rings is 1. The third-order valence-electron chi connectivity index (χ3n) is 4.16. The molecule has 2 N–H and O–H groups in total. The first kappa shape index (κ1) is 14.5. The van der Waals surface area contributed by atoms with Crippen molar-refractivity contribution in [3.05, 3.63) is 29.8 Å². The predicted octanol–water partition coefficient (Wildman–Crippen LogP) is 1.24. The molecule has 3 rings (SSSR count). The van der Waals surface area contributed by atoms with Gasteiger partial charge in [0, 0.05) is 26.1 Å². The Kier molecular flexibility index (Phi) is 3.35. The van der Waals surface area contributed by atoms with E-state index in [-0.39, 0.29) is 5.82 Å². The highest BCUT2D eigenvalue weighted by Gasteiger charge is 2.56. The fraction of sp³-hybridized carbons (Fsp3) is 0.400. The molecule has 1 aromatic heterocycles. The monoisotopic (exact) mass is 305 g/mol. The molecule has 0 bridgehead atoms. The molecule has 1 aliphatic rings. The molecule has 0 spiro atoms. The van der Waals surface area contributed by atoms with E-state index >= 15 is 0 Å². The van der Waals surface area contributed by atoms with Crippen LogP contribution in [0.5, 0.6) is 0 Å². The second-order valence-electron chi connectivity index (χ2n) is 5.61. The molecule has 0 aliphatic heterocycles. The van der Waals surface area contributed by atoms with Crippen LogP contribution in [0.1, 0.15) is 18.7 Å². The molecule has 1 aromatic carbocycles. The van der Waals surface area contributed by atoms with Crippen molar-refractivity contribution in [3.8, 4) is 0 Å². The lowest BCUT2D eigenvalue weighted by Gasteiger charge is -2.10. The summed E-state index contributed by atoms with van der Waals surface area (Å²) in [6.45, 7) is 0.299. The van der Waals surface area contributed by atoms with Crippen LogP contribution >= 0.6 is 0 Å². The van der Waals surface area contributed by atoms with Crippen molar-refractivity contribution in [1.82, 2.24) is 14.9 Å². The van der Waals surface area contributed by atoms with E-state index in [9.17, 15) is 14.0 Å². The number of carbonyl (C=O) groups excluding carboxylic acids is 1. The molecule has 0 radical (unpaired) electrons. The van der Waals surface area contributed by atoms with Crippen LogP contribution in [0.15, 0.2) is 18.2 Å². The Balaban J connectivity index is 1.66. The summed E-state index contributed by atoms with van der Waals surface area (Å²) in [5.41, 5.74) is 0.148. The molecule has 116 valence electrons. The highest BCUT2D eigenvalue weighted by Crippen LogP contribution is 2.46. The summed E-state index contributed by atoms with van der Waals surface area (Å²) in [7, 11) is 1.82. The smallest absolute Gasteiger partial charge is 0.319 e. The molecule has 1 aliphatic carbocycles. The van der Waals surface area contributed by atoms with E-state index in [1.165, 1.54) is 12.1 Å². The van der Waals surface area contributed by atoms with Gasteiger partial charge in [-0.1, -0.05) is 0 Å². The van der Waals surface area contributed by atoms with Gasteiger partial charge in [0.1, 0.15) is 17.1 Å². The number of carboxylic acids is 1. The summed E-state index contributed by atoms with van der Waals surface area (Å²) in [5, 5.41) is 11.7. The summed E-state index contributed by atoms with van der Waals surface area (Å²) in [4.78, 5) is 27.3. The standard InChI is InChI=1S/C15H16FN3O3/c1-19-11-3-2-9(16)8-10(11)18-12(19)4-7-17-13(20)15(5-6-15)14(21)22/h2-3,8H,4-7H2,1H3,(H,17,20)(H,21,22). The maximum atomic E-state index is 13.2. The summed E-state index contributed by atoms with van der Waals surface area (Å²) in [5.74, 6) is -1.14. The van der Waals surface area contributed by atoms with Crippen molar-refractivity contribution in [2.75, 3.05) is 6.54 Å². The van der Waals surface area contributed by atoms with Gasteiger partial charge in [0.25, 0.3) is 0 Å². The van der Waals surface area contributed by atoms with Crippen molar-refractivity contribution in [2.45, 2.75) is 19.3 Å². The molecule has 6 nitrogen and oxygen atoms in total. The van der Waals surface area contributed by atoms with Crippen LogP contribution in [0.25, 0.3) is 11.0 Å². The number of carbonyl (C=O) groups is 2. The van der Waals surface area contributed by atoms with Crippen molar-refractivity contribution >= 4 is 22.9 Å². The van der Waals surface area contributed by atoms with Crippen LogP contribution in [0.2, 0.25) is 0 Å². The number of halogens is 1. The highest BCUT2D eigenvalue weighted by molar-refractivity contribution is 6.04. The summed E-state index contributed by atoms with van der Waals surface area (Å²) >= 11 is 0. The van der Waals surface area contributed by atoms with Gasteiger partial charge in [-0.15, -0.1) is 0 Å². The fourth-order valence-corrected chi connectivity index (χ4v) is 2.57. The Labute approximate surface area is 125 Å². The third-order valence-corrected chi connectivity index (χ3v) is 4.16. The number of nitrogens with one attached hydrogen (secondary N) is 1. The number of carboxylic acid groups (broad SMARTS) is 1. The topological polar surface area (TPSA) is 84.2 Å². The SMILES string of the molecule is Cn1c(CCNC(=O)C2(C(=O)O)CC2)nc2cc(F)ccc21. The number of imidazole rings is 1. The quantitative estimate of drug-likeness (QED) is 0.814. The molecule has 22 heavy (non-hydrogen) atoms. The normalized spacial score (nSPS) is 15.7.